The second-order valence-electron chi connectivity index (χ2n) is 5.26. The van der Waals surface area contributed by atoms with E-state index in [9.17, 15) is 9.90 Å². The predicted molar refractivity (Wildman–Crippen MR) is 80.8 cm³/mol. The second kappa shape index (κ2) is 7.59. The molecule has 2 aromatic rings. The van der Waals surface area contributed by atoms with Crippen LogP contribution in [0.15, 0.2) is 42.6 Å². The van der Waals surface area contributed by atoms with Gasteiger partial charge in [-0.3, -0.25) is 9.89 Å². The van der Waals surface area contributed by atoms with Gasteiger partial charge in [-0.25, -0.2) is 0 Å². The number of amides is 1. The van der Waals surface area contributed by atoms with E-state index in [0.717, 1.165) is 11.3 Å². The van der Waals surface area contributed by atoms with Gasteiger partial charge in [-0.05, 0) is 25.0 Å². The molecular weight excluding hydrogens is 266 g/mol. The van der Waals surface area contributed by atoms with Crippen molar-refractivity contribution >= 4 is 5.91 Å². The third kappa shape index (κ3) is 5.04. The molecule has 0 saturated carbocycles. The molecule has 21 heavy (non-hydrogen) atoms. The molecule has 2 rings (SSSR count). The van der Waals surface area contributed by atoms with Crippen molar-refractivity contribution in [2.45, 2.75) is 31.8 Å². The second-order valence-corrected chi connectivity index (χ2v) is 5.26. The largest absolute Gasteiger partial charge is 0.393 e. The van der Waals surface area contributed by atoms with E-state index in [1.165, 1.54) is 0 Å². The fourth-order valence-electron chi connectivity index (χ4n) is 2.33. The van der Waals surface area contributed by atoms with E-state index in [1.807, 2.05) is 30.3 Å². The van der Waals surface area contributed by atoms with Crippen LogP contribution in [0, 0.1) is 0 Å². The molecule has 1 heterocycles. The van der Waals surface area contributed by atoms with Gasteiger partial charge in [0.25, 0.3) is 0 Å². The minimum atomic E-state index is -0.403. The first-order valence-electron chi connectivity index (χ1n) is 7.13. The number of nitrogens with zero attached hydrogens (tertiary/aromatic N) is 1. The number of aliphatic hydroxyl groups excluding tert-OH is 1. The molecule has 3 N–H and O–H groups in total. The Morgan fingerprint density at radius 3 is 2.71 bits per heavy atom. The maximum atomic E-state index is 11.9. The highest BCUT2D eigenvalue weighted by atomic mass is 16.3. The van der Waals surface area contributed by atoms with E-state index in [2.05, 4.69) is 15.5 Å². The molecule has 0 bridgehead atoms. The minimum Gasteiger partial charge on any atom is -0.393 e. The first kappa shape index (κ1) is 15.3. The van der Waals surface area contributed by atoms with E-state index >= 15 is 0 Å². The highest BCUT2D eigenvalue weighted by Gasteiger charge is 2.15. The standard InChI is InChI=1S/C16H21N3O2/c1-12(20)9-14(13-5-3-2-4-6-13)11-17-16(21)10-15-7-8-18-19-15/h2-8,12,14,20H,9-11H2,1H3,(H,17,21)(H,18,19). The van der Waals surface area contributed by atoms with Gasteiger partial charge < -0.3 is 10.4 Å². The molecule has 0 aliphatic carbocycles. The number of carbonyl (C=O) groups is 1. The molecule has 0 radical (unpaired) electrons. The maximum absolute atomic E-state index is 11.9. The lowest BCUT2D eigenvalue weighted by molar-refractivity contribution is -0.120. The Bertz CT molecular complexity index is 538. The Kier molecular flexibility index (Phi) is 5.51. The molecule has 0 saturated heterocycles. The molecule has 1 aromatic heterocycles. The van der Waals surface area contributed by atoms with Crippen molar-refractivity contribution in [2.75, 3.05) is 6.54 Å². The zero-order valence-corrected chi connectivity index (χ0v) is 12.1. The molecule has 2 atom stereocenters. The van der Waals surface area contributed by atoms with Crippen molar-refractivity contribution < 1.29 is 9.90 Å². The molecule has 1 amide bonds. The zero-order chi connectivity index (χ0) is 15.1. The number of aliphatic hydroxyl groups is 1. The number of carbonyl (C=O) groups excluding carboxylic acids is 1. The number of hydrogen-bond acceptors (Lipinski definition) is 3. The van der Waals surface area contributed by atoms with Gasteiger partial charge in [0, 0.05) is 24.4 Å². The quantitative estimate of drug-likeness (QED) is 0.724. The highest BCUT2D eigenvalue weighted by molar-refractivity contribution is 5.78. The van der Waals surface area contributed by atoms with Crippen LogP contribution in [0.2, 0.25) is 0 Å². The fraction of sp³-hybridized carbons (Fsp3) is 0.375. The molecule has 0 aliphatic heterocycles. The molecule has 5 heteroatoms. The monoisotopic (exact) mass is 287 g/mol. The van der Waals surface area contributed by atoms with Gasteiger partial charge in [0.1, 0.15) is 0 Å². The minimum absolute atomic E-state index is 0.0502. The van der Waals surface area contributed by atoms with Crippen LogP contribution < -0.4 is 5.32 Å². The van der Waals surface area contributed by atoms with Crippen molar-refractivity contribution in [3.05, 3.63) is 53.9 Å². The van der Waals surface area contributed by atoms with Crippen LogP contribution in [0.25, 0.3) is 0 Å². The molecule has 0 aliphatic rings. The Hall–Kier alpha value is -2.14. The molecule has 5 nitrogen and oxygen atoms in total. The number of aromatic nitrogens is 2. The third-order valence-corrected chi connectivity index (χ3v) is 3.35. The Balaban J connectivity index is 1.91. The number of nitrogens with one attached hydrogen (secondary N) is 2. The van der Waals surface area contributed by atoms with Crippen LogP contribution in [0.4, 0.5) is 0 Å². The molecular formula is C16H21N3O2. The van der Waals surface area contributed by atoms with Crippen LogP contribution in [0.3, 0.4) is 0 Å². The van der Waals surface area contributed by atoms with Crippen LogP contribution in [-0.4, -0.2) is 33.9 Å². The van der Waals surface area contributed by atoms with E-state index in [1.54, 1.807) is 19.2 Å². The summed E-state index contributed by atoms with van der Waals surface area (Å²) < 4.78 is 0. The summed E-state index contributed by atoms with van der Waals surface area (Å²) in [6, 6.07) is 11.7. The van der Waals surface area contributed by atoms with Crippen LogP contribution in [0.5, 0.6) is 0 Å². The molecule has 2 unspecified atom stereocenters. The van der Waals surface area contributed by atoms with Crippen molar-refractivity contribution in [3.63, 3.8) is 0 Å². The Labute approximate surface area is 124 Å². The van der Waals surface area contributed by atoms with Gasteiger partial charge >= 0.3 is 0 Å². The number of rotatable bonds is 7. The summed E-state index contributed by atoms with van der Waals surface area (Å²) in [7, 11) is 0. The van der Waals surface area contributed by atoms with Crippen LogP contribution in [-0.2, 0) is 11.2 Å². The van der Waals surface area contributed by atoms with Gasteiger partial charge in [0.15, 0.2) is 0 Å². The summed E-state index contributed by atoms with van der Waals surface area (Å²) in [6.45, 7) is 2.28. The first-order chi connectivity index (χ1) is 10.1. The molecule has 112 valence electrons. The SMILES string of the molecule is CC(O)CC(CNC(=O)Cc1ccn[nH]1)c1ccccc1. The summed E-state index contributed by atoms with van der Waals surface area (Å²) in [5.41, 5.74) is 1.92. The lowest BCUT2D eigenvalue weighted by Gasteiger charge is -2.19. The van der Waals surface area contributed by atoms with Gasteiger partial charge in [0.05, 0.1) is 12.5 Å². The van der Waals surface area contributed by atoms with E-state index in [-0.39, 0.29) is 18.2 Å². The predicted octanol–water partition coefficient (Wildman–Crippen LogP) is 1.62. The Morgan fingerprint density at radius 1 is 1.33 bits per heavy atom. The summed E-state index contributed by atoms with van der Waals surface area (Å²) in [6.07, 6.45) is 2.13. The van der Waals surface area contributed by atoms with Crippen molar-refractivity contribution in [2.24, 2.45) is 0 Å². The van der Waals surface area contributed by atoms with Gasteiger partial charge in [-0.1, -0.05) is 30.3 Å². The first-order valence-corrected chi connectivity index (χ1v) is 7.13. The normalized spacial score (nSPS) is 13.6. The zero-order valence-electron chi connectivity index (χ0n) is 12.1. The number of hydrogen-bond donors (Lipinski definition) is 3. The summed E-state index contributed by atoms with van der Waals surface area (Å²) in [5.74, 6) is 0.0580. The third-order valence-electron chi connectivity index (χ3n) is 3.35. The van der Waals surface area contributed by atoms with E-state index in [4.69, 9.17) is 0 Å². The average molecular weight is 287 g/mol. The molecule has 1 aromatic carbocycles. The lowest BCUT2D eigenvalue weighted by Crippen LogP contribution is -2.31. The summed E-state index contributed by atoms with van der Waals surface area (Å²) >= 11 is 0. The maximum Gasteiger partial charge on any atom is 0.226 e. The van der Waals surface area contributed by atoms with Crippen molar-refractivity contribution in [1.82, 2.24) is 15.5 Å². The van der Waals surface area contributed by atoms with Crippen LogP contribution in [0.1, 0.15) is 30.5 Å². The van der Waals surface area contributed by atoms with Gasteiger partial charge in [0.2, 0.25) is 5.91 Å². The number of aromatic amines is 1. The highest BCUT2D eigenvalue weighted by Crippen LogP contribution is 2.20. The van der Waals surface area contributed by atoms with Gasteiger partial charge in [-0.15, -0.1) is 0 Å². The number of benzene rings is 1. The number of H-pyrrole nitrogens is 1. The van der Waals surface area contributed by atoms with Crippen LogP contribution >= 0.6 is 0 Å². The van der Waals surface area contributed by atoms with E-state index in [0.29, 0.717) is 13.0 Å². The van der Waals surface area contributed by atoms with Crippen molar-refractivity contribution in [3.8, 4) is 0 Å². The topological polar surface area (TPSA) is 78.0 Å². The summed E-state index contributed by atoms with van der Waals surface area (Å²) in [5, 5.41) is 19.1. The molecule has 0 fully saturated rings. The average Bonchev–Trinajstić information content (AvgIpc) is 2.97. The van der Waals surface area contributed by atoms with Crippen molar-refractivity contribution in [1.29, 1.82) is 0 Å². The van der Waals surface area contributed by atoms with Gasteiger partial charge in [-0.2, -0.15) is 5.10 Å². The smallest absolute Gasteiger partial charge is 0.226 e. The Morgan fingerprint density at radius 2 is 2.10 bits per heavy atom. The van der Waals surface area contributed by atoms with E-state index < -0.39 is 6.10 Å². The fourth-order valence-corrected chi connectivity index (χ4v) is 2.33. The molecule has 0 spiro atoms. The lowest BCUT2D eigenvalue weighted by atomic mass is 9.93. The summed E-state index contributed by atoms with van der Waals surface area (Å²) in [4.78, 5) is 11.9.